The molecule has 0 spiro atoms. The van der Waals surface area contributed by atoms with E-state index in [0.29, 0.717) is 42.8 Å². The minimum Gasteiger partial charge on any atom is -0.494 e. The summed E-state index contributed by atoms with van der Waals surface area (Å²) in [7, 11) is -3.49. The summed E-state index contributed by atoms with van der Waals surface area (Å²) in [6.07, 6.45) is 0. The first kappa shape index (κ1) is 18.9. The molecule has 148 valence electrons. The normalized spacial score (nSPS) is 16.5. The van der Waals surface area contributed by atoms with Crippen LogP contribution >= 0.6 is 0 Å². The monoisotopic (exact) mass is 402 g/mol. The van der Waals surface area contributed by atoms with Crippen molar-refractivity contribution < 1.29 is 22.5 Å². The Morgan fingerprint density at radius 2 is 1.82 bits per heavy atom. The lowest BCUT2D eigenvalue weighted by Crippen LogP contribution is -3.13. The molecule has 3 aromatic rings. The highest BCUT2D eigenvalue weighted by Gasteiger charge is 2.31. The van der Waals surface area contributed by atoms with Gasteiger partial charge in [-0.3, -0.25) is 0 Å². The summed E-state index contributed by atoms with van der Waals surface area (Å²) in [5, 5.41) is 0. The molecule has 0 saturated carbocycles. The van der Waals surface area contributed by atoms with E-state index in [1.165, 1.54) is 4.90 Å². The molecule has 1 saturated heterocycles. The third-order valence-corrected chi connectivity index (χ3v) is 6.85. The first-order chi connectivity index (χ1) is 13.6. The van der Waals surface area contributed by atoms with E-state index >= 15 is 0 Å². The fourth-order valence-electron chi connectivity index (χ4n) is 3.45. The molecule has 28 heavy (non-hydrogen) atoms. The first-order valence-corrected chi connectivity index (χ1v) is 10.9. The summed E-state index contributed by atoms with van der Waals surface area (Å²) >= 11 is 0. The van der Waals surface area contributed by atoms with Crippen molar-refractivity contribution in [1.29, 1.82) is 0 Å². The van der Waals surface area contributed by atoms with Gasteiger partial charge in [-0.2, -0.15) is 4.31 Å². The van der Waals surface area contributed by atoms with E-state index in [4.69, 9.17) is 9.15 Å². The number of fused-ring (bicyclic) bond motifs is 1. The number of sulfonamides is 1. The zero-order chi connectivity index (χ0) is 19.6. The van der Waals surface area contributed by atoms with Gasteiger partial charge in [0.15, 0.2) is 12.1 Å². The smallest absolute Gasteiger partial charge is 0.251 e. The zero-order valence-corrected chi connectivity index (χ0v) is 16.6. The lowest BCUT2D eigenvalue weighted by Gasteiger charge is -2.30. The van der Waals surface area contributed by atoms with E-state index in [2.05, 4.69) is 4.98 Å². The second-order valence-corrected chi connectivity index (χ2v) is 8.75. The van der Waals surface area contributed by atoms with Gasteiger partial charge in [0.05, 0.1) is 37.7 Å². The number of aromatic nitrogens is 1. The maximum Gasteiger partial charge on any atom is 0.251 e. The molecule has 2 aromatic carbocycles. The van der Waals surface area contributed by atoms with Gasteiger partial charge in [0.2, 0.25) is 10.0 Å². The number of hydrogen-bond donors (Lipinski definition) is 1. The number of benzene rings is 2. The van der Waals surface area contributed by atoms with Gasteiger partial charge in [-0.25, -0.2) is 13.4 Å². The van der Waals surface area contributed by atoms with E-state index in [1.54, 1.807) is 28.6 Å². The molecule has 7 nitrogen and oxygen atoms in total. The van der Waals surface area contributed by atoms with Crippen LogP contribution in [-0.4, -0.2) is 50.5 Å². The molecule has 8 heteroatoms. The van der Waals surface area contributed by atoms with E-state index in [0.717, 1.165) is 24.2 Å². The number of ether oxygens (including phenoxy) is 1. The largest absolute Gasteiger partial charge is 0.494 e. The summed E-state index contributed by atoms with van der Waals surface area (Å²) in [5.41, 5.74) is 1.64. The quantitative estimate of drug-likeness (QED) is 0.673. The van der Waals surface area contributed by atoms with Crippen LogP contribution in [0.25, 0.3) is 11.1 Å². The summed E-state index contributed by atoms with van der Waals surface area (Å²) in [6.45, 7) is 5.50. The van der Waals surface area contributed by atoms with Crippen molar-refractivity contribution in [2.45, 2.75) is 18.4 Å². The van der Waals surface area contributed by atoms with E-state index < -0.39 is 10.0 Å². The SMILES string of the molecule is CCOc1ccc(S(=O)(=O)N2CC[NH+](Cc3nc4ccccc4o3)CC2)cc1. The second-order valence-electron chi connectivity index (χ2n) is 6.81. The molecule has 1 aliphatic heterocycles. The maximum absolute atomic E-state index is 12.9. The van der Waals surface area contributed by atoms with Crippen LogP contribution in [0.3, 0.4) is 0 Å². The fourth-order valence-corrected chi connectivity index (χ4v) is 4.89. The molecule has 2 heterocycles. The van der Waals surface area contributed by atoms with Crippen molar-refractivity contribution in [3.8, 4) is 5.75 Å². The molecule has 1 fully saturated rings. The molecular formula is C20H24N3O4S+. The molecule has 0 unspecified atom stereocenters. The van der Waals surface area contributed by atoms with Crippen LogP contribution in [0.15, 0.2) is 57.8 Å². The summed E-state index contributed by atoms with van der Waals surface area (Å²) in [6, 6.07) is 14.3. The molecule has 0 aliphatic carbocycles. The second kappa shape index (κ2) is 7.90. The molecule has 0 amide bonds. The van der Waals surface area contributed by atoms with Gasteiger partial charge < -0.3 is 14.1 Å². The minimum absolute atomic E-state index is 0.304. The van der Waals surface area contributed by atoms with Crippen LogP contribution in [0.2, 0.25) is 0 Å². The van der Waals surface area contributed by atoms with Crippen LogP contribution in [0.1, 0.15) is 12.8 Å². The molecule has 0 bridgehead atoms. The topological polar surface area (TPSA) is 77.1 Å². The number of quaternary nitrogens is 1. The molecule has 1 aliphatic rings. The predicted octanol–water partition coefficient (Wildman–Crippen LogP) is 1.32. The Labute approximate surface area is 164 Å². The fraction of sp³-hybridized carbons (Fsp3) is 0.350. The minimum atomic E-state index is -3.49. The van der Waals surface area contributed by atoms with Gasteiger partial charge in [-0.05, 0) is 43.3 Å². The number of oxazole rings is 1. The third-order valence-electron chi connectivity index (χ3n) is 4.94. The Hall–Kier alpha value is -2.42. The van der Waals surface area contributed by atoms with Crippen LogP contribution in [0.5, 0.6) is 5.75 Å². The van der Waals surface area contributed by atoms with Crippen molar-refractivity contribution in [1.82, 2.24) is 9.29 Å². The van der Waals surface area contributed by atoms with Crippen molar-refractivity contribution in [3.05, 3.63) is 54.4 Å². The molecular weight excluding hydrogens is 378 g/mol. The standard InChI is InChI=1S/C20H23N3O4S/c1-2-26-16-7-9-17(10-8-16)28(24,25)23-13-11-22(12-14-23)15-20-21-18-5-3-4-6-19(18)27-20/h3-10H,2,11-15H2,1H3/p+1. The Morgan fingerprint density at radius 1 is 1.11 bits per heavy atom. The Bertz CT molecular complexity index is 1010. The molecule has 1 aromatic heterocycles. The van der Waals surface area contributed by atoms with Gasteiger partial charge in [0, 0.05) is 0 Å². The summed E-state index contributed by atoms with van der Waals surface area (Å²) in [5.74, 6) is 1.37. The van der Waals surface area contributed by atoms with Crippen LogP contribution in [0.4, 0.5) is 0 Å². The van der Waals surface area contributed by atoms with Gasteiger partial charge in [0.25, 0.3) is 5.89 Å². The average Bonchev–Trinajstić information content (AvgIpc) is 3.11. The van der Waals surface area contributed by atoms with Crippen molar-refractivity contribution in [3.63, 3.8) is 0 Å². The van der Waals surface area contributed by atoms with Gasteiger partial charge in [-0.1, -0.05) is 12.1 Å². The van der Waals surface area contributed by atoms with Crippen LogP contribution < -0.4 is 9.64 Å². The summed E-state index contributed by atoms with van der Waals surface area (Å²) < 4.78 is 38.5. The number of nitrogens with one attached hydrogen (secondary N) is 1. The van der Waals surface area contributed by atoms with Crippen LogP contribution in [-0.2, 0) is 16.6 Å². The molecule has 4 rings (SSSR count). The molecule has 0 atom stereocenters. The van der Waals surface area contributed by atoms with Gasteiger partial charge in [0.1, 0.15) is 11.3 Å². The molecule has 0 radical (unpaired) electrons. The Balaban J connectivity index is 1.38. The Morgan fingerprint density at radius 3 is 2.50 bits per heavy atom. The van der Waals surface area contributed by atoms with Crippen LogP contribution in [0, 0.1) is 0 Å². The van der Waals surface area contributed by atoms with E-state index in [1.807, 2.05) is 31.2 Å². The lowest BCUT2D eigenvalue weighted by atomic mass is 10.3. The predicted molar refractivity (Wildman–Crippen MR) is 105 cm³/mol. The van der Waals surface area contributed by atoms with Crippen molar-refractivity contribution in [2.24, 2.45) is 0 Å². The van der Waals surface area contributed by atoms with Gasteiger partial charge >= 0.3 is 0 Å². The maximum atomic E-state index is 12.9. The van der Waals surface area contributed by atoms with E-state index in [-0.39, 0.29) is 0 Å². The number of rotatable bonds is 6. The third kappa shape index (κ3) is 3.89. The van der Waals surface area contributed by atoms with Crippen molar-refractivity contribution in [2.75, 3.05) is 32.8 Å². The summed E-state index contributed by atoms with van der Waals surface area (Å²) in [4.78, 5) is 6.09. The number of para-hydroxylation sites is 2. The highest BCUT2D eigenvalue weighted by atomic mass is 32.2. The highest BCUT2D eigenvalue weighted by molar-refractivity contribution is 7.89. The highest BCUT2D eigenvalue weighted by Crippen LogP contribution is 2.20. The number of piperazine rings is 1. The molecule has 1 N–H and O–H groups in total. The van der Waals surface area contributed by atoms with Gasteiger partial charge in [-0.15, -0.1) is 0 Å². The first-order valence-electron chi connectivity index (χ1n) is 9.47. The number of hydrogen-bond acceptors (Lipinski definition) is 5. The zero-order valence-electron chi connectivity index (χ0n) is 15.8. The Kier molecular flexibility index (Phi) is 5.34. The van der Waals surface area contributed by atoms with E-state index in [9.17, 15) is 8.42 Å². The lowest BCUT2D eigenvalue weighted by molar-refractivity contribution is -0.918. The average molecular weight is 402 g/mol. The van der Waals surface area contributed by atoms with Crippen molar-refractivity contribution >= 4 is 21.1 Å². The number of nitrogens with zero attached hydrogens (tertiary/aromatic N) is 2.